The lowest BCUT2D eigenvalue weighted by Gasteiger charge is -2.43. The van der Waals surface area contributed by atoms with E-state index in [9.17, 15) is 4.79 Å². The summed E-state index contributed by atoms with van der Waals surface area (Å²) in [6.07, 6.45) is 3.00. The van der Waals surface area contributed by atoms with Gasteiger partial charge in [-0.3, -0.25) is 4.79 Å². The summed E-state index contributed by atoms with van der Waals surface area (Å²) in [5, 5.41) is 0. The van der Waals surface area contributed by atoms with Crippen LogP contribution < -0.4 is 0 Å². The predicted octanol–water partition coefficient (Wildman–Crippen LogP) is 3.67. The second-order valence-corrected chi connectivity index (χ2v) is 5.98. The molecule has 1 saturated carbocycles. The smallest absolute Gasteiger partial charge is 0.233 e. The minimum absolute atomic E-state index is 0.203. The van der Waals surface area contributed by atoms with Crippen LogP contribution in [-0.2, 0) is 16.8 Å². The van der Waals surface area contributed by atoms with Crippen LogP contribution in [0.2, 0.25) is 0 Å². The highest BCUT2D eigenvalue weighted by molar-refractivity contribution is 5.89. The molecule has 1 amide bonds. The first-order valence-electron chi connectivity index (χ1n) is 7.48. The first-order chi connectivity index (χ1) is 10.1. The van der Waals surface area contributed by atoms with Gasteiger partial charge in [-0.2, -0.15) is 0 Å². The standard InChI is InChI=1S/C18H21NO2/c1-14-9-10-16(21-14)13-19(2)17(20)18(11-6-12-18)15-7-4-3-5-8-15/h3-5,7-10H,6,11-13H2,1-2H3. The maximum Gasteiger partial charge on any atom is 0.233 e. The lowest BCUT2D eigenvalue weighted by atomic mass is 9.63. The minimum atomic E-state index is -0.322. The van der Waals surface area contributed by atoms with Crippen LogP contribution in [0.25, 0.3) is 0 Å². The lowest BCUT2D eigenvalue weighted by molar-refractivity contribution is -0.140. The van der Waals surface area contributed by atoms with Crippen molar-refractivity contribution in [1.82, 2.24) is 4.90 Å². The maximum absolute atomic E-state index is 12.9. The molecule has 1 fully saturated rings. The van der Waals surface area contributed by atoms with E-state index in [1.807, 2.05) is 44.3 Å². The molecule has 1 aliphatic carbocycles. The molecule has 0 unspecified atom stereocenters. The van der Waals surface area contributed by atoms with Gasteiger partial charge in [0.1, 0.15) is 11.5 Å². The highest BCUT2D eigenvalue weighted by Crippen LogP contribution is 2.45. The molecule has 1 heterocycles. The summed E-state index contributed by atoms with van der Waals surface area (Å²) in [7, 11) is 1.86. The van der Waals surface area contributed by atoms with Crippen LogP contribution in [0, 0.1) is 6.92 Å². The van der Waals surface area contributed by atoms with Crippen molar-refractivity contribution in [1.29, 1.82) is 0 Å². The Morgan fingerprint density at radius 1 is 1.19 bits per heavy atom. The van der Waals surface area contributed by atoms with Crippen LogP contribution in [0.4, 0.5) is 0 Å². The molecule has 21 heavy (non-hydrogen) atoms. The third-order valence-corrected chi connectivity index (χ3v) is 4.48. The van der Waals surface area contributed by atoms with Gasteiger partial charge < -0.3 is 9.32 Å². The van der Waals surface area contributed by atoms with Gasteiger partial charge in [0.25, 0.3) is 0 Å². The second kappa shape index (κ2) is 5.40. The van der Waals surface area contributed by atoms with Gasteiger partial charge in [0.15, 0.2) is 0 Å². The molecule has 3 rings (SSSR count). The number of hydrogen-bond acceptors (Lipinski definition) is 2. The van der Waals surface area contributed by atoms with Crippen molar-refractivity contribution in [2.45, 2.75) is 38.1 Å². The van der Waals surface area contributed by atoms with E-state index in [4.69, 9.17) is 4.42 Å². The summed E-state index contributed by atoms with van der Waals surface area (Å²) in [5.41, 5.74) is 0.821. The summed E-state index contributed by atoms with van der Waals surface area (Å²) in [6.45, 7) is 2.45. The Morgan fingerprint density at radius 3 is 2.43 bits per heavy atom. The van der Waals surface area contributed by atoms with E-state index in [1.54, 1.807) is 4.90 Å². The highest BCUT2D eigenvalue weighted by Gasteiger charge is 2.46. The van der Waals surface area contributed by atoms with Gasteiger partial charge in [0.05, 0.1) is 12.0 Å². The van der Waals surface area contributed by atoms with E-state index in [0.717, 1.165) is 36.3 Å². The Bertz CT molecular complexity index is 626. The average Bonchev–Trinajstić information content (AvgIpc) is 2.84. The summed E-state index contributed by atoms with van der Waals surface area (Å²) in [6, 6.07) is 14.0. The molecule has 2 aromatic rings. The van der Waals surface area contributed by atoms with Crippen molar-refractivity contribution in [2.24, 2.45) is 0 Å². The Morgan fingerprint density at radius 2 is 1.90 bits per heavy atom. The zero-order valence-corrected chi connectivity index (χ0v) is 12.6. The summed E-state index contributed by atoms with van der Waals surface area (Å²) < 4.78 is 5.58. The number of benzene rings is 1. The molecule has 0 atom stereocenters. The normalized spacial score (nSPS) is 16.3. The SMILES string of the molecule is Cc1ccc(CN(C)C(=O)C2(c3ccccc3)CCC2)o1. The Balaban J connectivity index is 1.79. The van der Waals surface area contributed by atoms with Gasteiger partial charge >= 0.3 is 0 Å². The van der Waals surface area contributed by atoms with Gasteiger partial charge in [-0.15, -0.1) is 0 Å². The fourth-order valence-corrected chi connectivity index (χ4v) is 3.15. The molecular formula is C18H21NO2. The Hall–Kier alpha value is -2.03. The number of hydrogen-bond donors (Lipinski definition) is 0. The summed E-state index contributed by atoms with van der Waals surface area (Å²) in [4.78, 5) is 14.7. The lowest BCUT2D eigenvalue weighted by Crippen LogP contribution is -2.49. The molecule has 0 N–H and O–H groups in total. The van der Waals surface area contributed by atoms with Crippen molar-refractivity contribution in [3.05, 3.63) is 59.5 Å². The van der Waals surface area contributed by atoms with Gasteiger partial charge in [0.2, 0.25) is 5.91 Å². The van der Waals surface area contributed by atoms with E-state index in [1.165, 1.54) is 0 Å². The molecular weight excluding hydrogens is 262 g/mol. The Labute approximate surface area is 125 Å². The largest absolute Gasteiger partial charge is 0.464 e. The monoisotopic (exact) mass is 283 g/mol. The molecule has 0 radical (unpaired) electrons. The van der Waals surface area contributed by atoms with E-state index in [2.05, 4.69) is 12.1 Å². The molecule has 0 bridgehead atoms. The molecule has 1 aliphatic rings. The molecule has 3 heteroatoms. The zero-order valence-electron chi connectivity index (χ0n) is 12.6. The van der Waals surface area contributed by atoms with E-state index in [0.29, 0.717) is 6.54 Å². The van der Waals surface area contributed by atoms with Crippen molar-refractivity contribution in [2.75, 3.05) is 7.05 Å². The molecule has 3 nitrogen and oxygen atoms in total. The fraction of sp³-hybridized carbons (Fsp3) is 0.389. The number of carbonyl (C=O) groups is 1. The van der Waals surface area contributed by atoms with Gasteiger partial charge in [-0.25, -0.2) is 0 Å². The zero-order chi connectivity index (χ0) is 14.9. The Kier molecular flexibility index (Phi) is 3.58. The van der Waals surface area contributed by atoms with Crippen molar-refractivity contribution >= 4 is 5.91 Å². The number of rotatable bonds is 4. The van der Waals surface area contributed by atoms with Gasteiger partial charge in [-0.05, 0) is 37.5 Å². The number of nitrogens with zero attached hydrogens (tertiary/aromatic N) is 1. The fourth-order valence-electron chi connectivity index (χ4n) is 3.15. The molecule has 1 aromatic carbocycles. The second-order valence-electron chi connectivity index (χ2n) is 5.98. The summed E-state index contributed by atoms with van der Waals surface area (Å²) >= 11 is 0. The van der Waals surface area contributed by atoms with Crippen molar-refractivity contribution in [3.63, 3.8) is 0 Å². The first-order valence-corrected chi connectivity index (χ1v) is 7.48. The molecule has 1 aromatic heterocycles. The van der Waals surface area contributed by atoms with Crippen LogP contribution in [0.1, 0.15) is 36.3 Å². The van der Waals surface area contributed by atoms with Crippen molar-refractivity contribution in [3.8, 4) is 0 Å². The van der Waals surface area contributed by atoms with Crippen LogP contribution in [0.5, 0.6) is 0 Å². The predicted molar refractivity (Wildman–Crippen MR) is 81.9 cm³/mol. The van der Waals surface area contributed by atoms with E-state index in [-0.39, 0.29) is 11.3 Å². The topological polar surface area (TPSA) is 33.5 Å². The number of amides is 1. The van der Waals surface area contributed by atoms with Gasteiger partial charge in [0, 0.05) is 7.05 Å². The molecule has 0 aliphatic heterocycles. The number of furan rings is 1. The minimum Gasteiger partial charge on any atom is -0.464 e. The molecule has 0 spiro atoms. The molecule has 110 valence electrons. The number of likely N-dealkylation sites (N-methyl/N-ethyl adjacent to an activating group) is 1. The highest BCUT2D eigenvalue weighted by atomic mass is 16.3. The van der Waals surface area contributed by atoms with Crippen LogP contribution in [0.15, 0.2) is 46.9 Å². The van der Waals surface area contributed by atoms with E-state index >= 15 is 0 Å². The maximum atomic E-state index is 12.9. The molecule has 0 saturated heterocycles. The summed E-state index contributed by atoms with van der Waals surface area (Å²) in [5.74, 6) is 1.92. The van der Waals surface area contributed by atoms with Crippen LogP contribution in [0.3, 0.4) is 0 Å². The van der Waals surface area contributed by atoms with Gasteiger partial charge in [-0.1, -0.05) is 36.8 Å². The van der Waals surface area contributed by atoms with E-state index < -0.39 is 0 Å². The number of aryl methyl sites for hydroxylation is 1. The van der Waals surface area contributed by atoms with Crippen LogP contribution in [-0.4, -0.2) is 17.9 Å². The quantitative estimate of drug-likeness (QED) is 0.858. The number of carbonyl (C=O) groups excluding carboxylic acids is 1. The third kappa shape index (κ3) is 2.48. The van der Waals surface area contributed by atoms with Crippen molar-refractivity contribution < 1.29 is 9.21 Å². The average molecular weight is 283 g/mol. The first kappa shape index (κ1) is 13.9. The van der Waals surface area contributed by atoms with Crippen LogP contribution >= 0.6 is 0 Å². The third-order valence-electron chi connectivity index (χ3n) is 4.48.